The first-order valence-electron chi connectivity index (χ1n) is 25.5. The Kier molecular flexibility index (Phi) is 16.5. The zero-order valence-electron chi connectivity index (χ0n) is 41.4. The zero-order valence-corrected chi connectivity index (χ0v) is 41.4. The van der Waals surface area contributed by atoms with Crippen molar-refractivity contribution in [2.45, 2.75) is 114 Å². The lowest BCUT2D eigenvalue weighted by Gasteiger charge is -2.32. The molecule has 16 heteroatoms. The fourth-order valence-corrected chi connectivity index (χ4v) is 11.6. The van der Waals surface area contributed by atoms with Crippen molar-refractivity contribution < 1.29 is 45.4 Å². The molecule has 10 nitrogen and oxygen atoms in total. The minimum Gasteiger partial charge on any atom is -0.381 e. The van der Waals surface area contributed by atoms with E-state index in [1.54, 1.807) is 24.8 Å². The average Bonchev–Trinajstić information content (AvgIpc) is 4.12. The minimum absolute atomic E-state index is 0.00700. The summed E-state index contributed by atoms with van der Waals surface area (Å²) in [6.07, 6.45) is 13.6. The number of Topliss-reactive ketones (excluding diaryl/α,β-unsaturated/α-hetero) is 2. The van der Waals surface area contributed by atoms with E-state index >= 15 is 17.6 Å². The van der Waals surface area contributed by atoms with Crippen molar-refractivity contribution in [3.63, 3.8) is 0 Å². The molecular formula is C58H60F6N6O4. The lowest BCUT2D eigenvalue weighted by Crippen LogP contribution is -2.31. The predicted molar refractivity (Wildman–Crippen MR) is 267 cm³/mol. The van der Waals surface area contributed by atoms with Crippen molar-refractivity contribution in [2.75, 3.05) is 26.4 Å². The first-order chi connectivity index (χ1) is 35.6. The van der Waals surface area contributed by atoms with E-state index in [2.05, 4.69) is 33.8 Å². The number of rotatable bonds is 12. The van der Waals surface area contributed by atoms with Crippen LogP contribution in [-0.2, 0) is 22.3 Å². The Morgan fingerprint density at radius 2 is 0.919 bits per heavy atom. The van der Waals surface area contributed by atoms with Crippen LogP contribution in [0.25, 0.3) is 22.5 Å². The summed E-state index contributed by atoms with van der Waals surface area (Å²) in [5, 5.41) is 0. The van der Waals surface area contributed by atoms with Gasteiger partial charge in [0.1, 0.15) is 57.7 Å². The van der Waals surface area contributed by atoms with Gasteiger partial charge in [-0.2, -0.15) is 0 Å². The molecule has 0 unspecified atom stereocenters. The Morgan fingerprint density at radius 1 is 0.527 bits per heavy atom. The first kappa shape index (κ1) is 52.7. The van der Waals surface area contributed by atoms with E-state index < -0.39 is 57.4 Å². The Labute approximate surface area is 426 Å². The molecule has 4 N–H and O–H groups in total. The zero-order chi connectivity index (χ0) is 52.2. The number of hydrogen-bond acceptors (Lipinski definition) is 10. The van der Waals surface area contributed by atoms with Gasteiger partial charge >= 0.3 is 0 Å². The highest BCUT2D eigenvalue weighted by Crippen LogP contribution is 2.40. The third-order valence-electron chi connectivity index (χ3n) is 15.1. The van der Waals surface area contributed by atoms with Gasteiger partial charge in [0, 0.05) is 74.8 Å². The summed E-state index contributed by atoms with van der Waals surface area (Å²) in [5.74, 6) is -5.10. The molecule has 0 radical (unpaired) electrons. The molecule has 4 aliphatic rings. The van der Waals surface area contributed by atoms with Crippen LogP contribution >= 0.6 is 0 Å². The summed E-state index contributed by atoms with van der Waals surface area (Å²) in [6, 6.07) is 13.4. The largest absolute Gasteiger partial charge is 0.381 e. The molecule has 2 saturated heterocycles. The number of benzene rings is 2. The maximum atomic E-state index is 15.0. The monoisotopic (exact) mass is 1020 g/mol. The maximum Gasteiger partial charge on any atom is 0.185 e. The predicted octanol–water partition coefficient (Wildman–Crippen LogP) is 11.4. The molecule has 6 aromatic rings. The molecule has 0 spiro atoms. The van der Waals surface area contributed by atoms with Crippen molar-refractivity contribution in [1.82, 2.24) is 19.9 Å². The number of pyridine rings is 4. The Hall–Kier alpha value is -6.20. The molecule has 4 aromatic heterocycles. The molecule has 8 atom stereocenters. The van der Waals surface area contributed by atoms with Crippen LogP contribution < -0.4 is 11.5 Å². The molecule has 6 heterocycles. The van der Waals surface area contributed by atoms with Crippen molar-refractivity contribution in [1.29, 1.82) is 0 Å². The van der Waals surface area contributed by atoms with Gasteiger partial charge in [0.2, 0.25) is 0 Å². The van der Waals surface area contributed by atoms with Crippen LogP contribution in [0.2, 0.25) is 0 Å². The number of nitrogens with two attached hydrogens (primary N) is 2. The van der Waals surface area contributed by atoms with Crippen LogP contribution in [-0.4, -0.2) is 70.0 Å². The van der Waals surface area contributed by atoms with E-state index in [1.165, 1.54) is 36.4 Å². The summed E-state index contributed by atoms with van der Waals surface area (Å²) in [4.78, 5) is 43.0. The molecule has 388 valence electrons. The van der Waals surface area contributed by atoms with Crippen LogP contribution in [0.3, 0.4) is 0 Å². The number of ether oxygens (including phenoxy) is 2. The van der Waals surface area contributed by atoms with Crippen molar-refractivity contribution in [3.8, 4) is 22.5 Å². The third-order valence-corrected chi connectivity index (χ3v) is 15.1. The number of halogens is 6. The second kappa shape index (κ2) is 23.1. The SMILES string of the molecule is C[C@@H]1C[C@H](N)C[C@H](c2ccncc2CC(=O)c2ccc(F)c(-c3c(F)cc([C@@H]4CCOC4)cc3F)n2)C1.C[C@@H]1C[C@H](N)C[C@H](c2ccncc2CC(=O)c2ccc(F)c(-c3c(F)cc([C@H]4CCOC4)cc3F)n2)C1. The van der Waals surface area contributed by atoms with Gasteiger partial charge in [-0.1, -0.05) is 13.8 Å². The normalized spacial score (nSPS) is 23.8. The van der Waals surface area contributed by atoms with Gasteiger partial charge in [-0.05, 0) is 169 Å². The van der Waals surface area contributed by atoms with Crippen molar-refractivity contribution in [3.05, 3.63) is 165 Å². The number of carbonyl (C=O) groups is 2. The van der Waals surface area contributed by atoms with Crippen LogP contribution in [0.5, 0.6) is 0 Å². The van der Waals surface area contributed by atoms with Gasteiger partial charge in [0.15, 0.2) is 11.6 Å². The van der Waals surface area contributed by atoms with Gasteiger partial charge in [-0.15, -0.1) is 0 Å². The molecule has 4 fully saturated rings. The number of aromatic nitrogens is 4. The molecule has 2 aromatic carbocycles. The topological polar surface area (TPSA) is 156 Å². The van der Waals surface area contributed by atoms with E-state index in [9.17, 15) is 18.4 Å². The molecule has 2 saturated carbocycles. The minimum atomic E-state index is -0.921. The lowest BCUT2D eigenvalue weighted by molar-refractivity contribution is 0.0979. The van der Waals surface area contributed by atoms with Gasteiger partial charge in [-0.3, -0.25) is 19.6 Å². The van der Waals surface area contributed by atoms with Crippen LogP contribution in [0.4, 0.5) is 26.3 Å². The van der Waals surface area contributed by atoms with E-state index in [4.69, 9.17) is 20.9 Å². The molecular weight excluding hydrogens is 959 g/mol. The maximum absolute atomic E-state index is 15.0. The highest BCUT2D eigenvalue weighted by Gasteiger charge is 2.31. The Bertz CT molecular complexity index is 2750. The van der Waals surface area contributed by atoms with Crippen molar-refractivity contribution in [2.24, 2.45) is 23.3 Å². The number of nitrogens with zero attached hydrogens (tertiary/aromatic N) is 4. The molecule has 0 bridgehead atoms. The Balaban J connectivity index is 0.000000182. The number of ketones is 2. The lowest BCUT2D eigenvalue weighted by atomic mass is 9.75. The molecule has 10 rings (SSSR count). The number of carbonyl (C=O) groups excluding carboxylic acids is 2. The van der Waals surface area contributed by atoms with E-state index in [0.717, 1.165) is 72.9 Å². The quantitative estimate of drug-likeness (QED) is 0.0893. The standard InChI is InChI=1S/2C29H30F3N3O2/c2*1-16-8-19(10-21(33)9-16)22-4-6-34-14-20(22)13-27(36)26-3-2-23(30)29(35-26)28-24(31)11-18(12-25(28)32)17-5-7-37-15-17/h2*2-4,6,11-12,14,16-17,19,21H,5,7-10,13,15,33H2,1H3/t16-,17+,19+,21-;16-,17-,19+,21-/m00/s1. The van der Waals surface area contributed by atoms with E-state index in [1.807, 2.05) is 12.1 Å². The molecule has 74 heavy (non-hydrogen) atoms. The van der Waals surface area contributed by atoms with Gasteiger partial charge in [-0.25, -0.2) is 36.3 Å². The first-order valence-corrected chi connectivity index (χ1v) is 25.5. The second-order valence-electron chi connectivity index (χ2n) is 20.8. The number of hydrogen-bond donors (Lipinski definition) is 2. The summed E-state index contributed by atoms with van der Waals surface area (Å²) < 4.78 is 100. The highest BCUT2D eigenvalue weighted by atomic mass is 19.2. The van der Waals surface area contributed by atoms with Crippen LogP contribution in [0.15, 0.2) is 85.5 Å². The Morgan fingerprint density at radius 3 is 1.27 bits per heavy atom. The van der Waals surface area contributed by atoms with E-state index in [0.29, 0.717) is 62.2 Å². The van der Waals surface area contributed by atoms with Crippen LogP contribution in [0, 0.1) is 46.7 Å². The van der Waals surface area contributed by atoms with Crippen LogP contribution in [0.1, 0.15) is 143 Å². The highest BCUT2D eigenvalue weighted by molar-refractivity contribution is 5.97. The van der Waals surface area contributed by atoms with Crippen molar-refractivity contribution >= 4 is 11.6 Å². The van der Waals surface area contributed by atoms with Gasteiger partial charge in [0.25, 0.3) is 0 Å². The second-order valence-corrected chi connectivity index (χ2v) is 20.8. The summed E-state index contributed by atoms with van der Waals surface area (Å²) in [7, 11) is 0. The molecule has 0 amide bonds. The molecule has 2 aliphatic carbocycles. The van der Waals surface area contributed by atoms with E-state index in [-0.39, 0.29) is 71.6 Å². The third kappa shape index (κ3) is 12.0. The summed E-state index contributed by atoms with van der Waals surface area (Å²) in [6.45, 7) is 6.18. The summed E-state index contributed by atoms with van der Waals surface area (Å²) >= 11 is 0. The average molecular weight is 1020 g/mol. The summed E-state index contributed by atoms with van der Waals surface area (Å²) in [5.41, 5.74) is 14.7. The van der Waals surface area contributed by atoms with Gasteiger partial charge in [0.05, 0.1) is 24.3 Å². The van der Waals surface area contributed by atoms with Gasteiger partial charge < -0.3 is 20.9 Å². The smallest absolute Gasteiger partial charge is 0.185 e. The fraction of sp³-hybridized carbons (Fsp3) is 0.414. The molecule has 2 aliphatic heterocycles. The fourth-order valence-electron chi connectivity index (χ4n) is 11.6.